The number of aliphatic carboxylic acids is 2. The Bertz CT molecular complexity index is 730. The van der Waals surface area contributed by atoms with E-state index in [1.807, 2.05) is 0 Å². The minimum absolute atomic E-state index is 0.0234. The van der Waals surface area contributed by atoms with Crippen LogP contribution < -0.4 is 0 Å². The predicted octanol–water partition coefficient (Wildman–Crippen LogP) is 0.481. The molecule has 0 atom stereocenters. The van der Waals surface area contributed by atoms with Crippen LogP contribution in [0.25, 0.3) is 0 Å². The lowest BCUT2D eigenvalue weighted by molar-refractivity contribution is -0.133. The van der Waals surface area contributed by atoms with E-state index >= 15 is 0 Å². The van der Waals surface area contributed by atoms with Gasteiger partial charge in [0.05, 0.1) is 185 Å². The molecule has 0 saturated heterocycles. The van der Waals surface area contributed by atoms with Crippen molar-refractivity contribution in [3.63, 3.8) is 0 Å². The van der Waals surface area contributed by atoms with Crippen LogP contribution in [0.4, 0.5) is 0 Å². The summed E-state index contributed by atoms with van der Waals surface area (Å²) in [7, 11) is 0. The van der Waals surface area contributed by atoms with E-state index < -0.39 is 11.9 Å². The molecule has 0 aromatic rings. The number of carboxylic acid groups (broad SMARTS) is 2. The van der Waals surface area contributed by atoms with E-state index in [9.17, 15) is 9.59 Å². The van der Waals surface area contributed by atoms with Gasteiger partial charge >= 0.3 is 11.9 Å². The van der Waals surface area contributed by atoms with Gasteiger partial charge in [-0.1, -0.05) is 13.2 Å². The van der Waals surface area contributed by atoms with Crippen molar-refractivity contribution in [2.75, 3.05) is 185 Å². The molecule has 0 aliphatic heterocycles. The highest BCUT2D eigenvalue weighted by atomic mass is 16.6. The van der Waals surface area contributed by atoms with Crippen molar-refractivity contribution in [2.45, 2.75) is 13.8 Å². The van der Waals surface area contributed by atoms with Crippen molar-refractivity contribution in [2.24, 2.45) is 0 Å². The van der Waals surface area contributed by atoms with Crippen molar-refractivity contribution in [3.8, 4) is 0 Å². The van der Waals surface area contributed by atoms with Gasteiger partial charge in [0.15, 0.2) is 0 Å². The van der Waals surface area contributed by atoms with Gasteiger partial charge in [-0.05, 0) is 13.8 Å². The SMILES string of the molecule is C=C(C)C(=O)O.C=C(C)C(=O)O.OCCOCCOCCOCCOCCOCCOCCOCCOCCOCCOCCOCCOCCOCCO. The predicted molar refractivity (Wildman–Crippen MR) is 200 cm³/mol. The second-order valence-corrected chi connectivity index (χ2v) is 10.6. The molecule has 0 aliphatic carbocycles. The summed E-state index contributed by atoms with van der Waals surface area (Å²) in [5.41, 5.74) is 0.352. The van der Waals surface area contributed by atoms with Crippen molar-refractivity contribution < 1.29 is 91.6 Å². The molecule has 328 valence electrons. The summed E-state index contributed by atoms with van der Waals surface area (Å²) in [6.45, 7) is 21.9. The molecule has 0 aliphatic rings. The van der Waals surface area contributed by atoms with E-state index in [-0.39, 0.29) is 24.4 Å². The first-order valence-corrected chi connectivity index (χ1v) is 18.2. The van der Waals surface area contributed by atoms with Crippen molar-refractivity contribution in [1.82, 2.24) is 0 Å². The molecule has 4 N–H and O–H groups in total. The average molecular weight is 807 g/mol. The molecule has 0 saturated carbocycles. The zero-order valence-electron chi connectivity index (χ0n) is 33.1. The maximum absolute atomic E-state index is 9.60. The van der Waals surface area contributed by atoms with Gasteiger partial charge in [-0.15, -0.1) is 0 Å². The zero-order valence-corrected chi connectivity index (χ0v) is 33.1. The summed E-state index contributed by atoms with van der Waals surface area (Å²) in [5, 5.41) is 32.9. The largest absolute Gasteiger partial charge is 0.478 e. The molecule has 19 nitrogen and oxygen atoms in total. The number of ether oxygens (including phenoxy) is 13. The van der Waals surface area contributed by atoms with Crippen LogP contribution in [0.15, 0.2) is 24.3 Å². The van der Waals surface area contributed by atoms with Gasteiger partial charge in [0.2, 0.25) is 0 Å². The van der Waals surface area contributed by atoms with Gasteiger partial charge in [-0.3, -0.25) is 0 Å². The molecule has 19 heteroatoms. The lowest BCUT2D eigenvalue weighted by Crippen LogP contribution is -2.15. The summed E-state index contributed by atoms with van der Waals surface area (Å²) < 4.78 is 69.7. The Morgan fingerprint density at radius 2 is 0.400 bits per heavy atom. The first-order valence-electron chi connectivity index (χ1n) is 18.2. The van der Waals surface area contributed by atoms with Crippen LogP contribution in [-0.4, -0.2) is 217 Å². The third kappa shape index (κ3) is 61.3. The first-order chi connectivity index (χ1) is 26.7. The van der Waals surface area contributed by atoms with Gasteiger partial charge in [0.25, 0.3) is 0 Å². The van der Waals surface area contributed by atoms with Crippen LogP contribution in [0, 0.1) is 0 Å². The number of carboxylic acids is 2. The van der Waals surface area contributed by atoms with Gasteiger partial charge in [-0.25, -0.2) is 9.59 Å². The van der Waals surface area contributed by atoms with Crippen molar-refractivity contribution in [3.05, 3.63) is 24.3 Å². The van der Waals surface area contributed by atoms with E-state index in [4.69, 9.17) is 82.0 Å². The number of rotatable bonds is 42. The van der Waals surface area contributed by atoms with Crippen LogP contribution in [0.3, 0.4) is 0 Å². The molecule has 0 radical (unpaired) electrons. The van der Waals surface area contributed by atoms with Crippen LogP contribution in [0.5, 0.6) is 0 Å². The molecule has 0 unspecified atom stereocenters. The van der Waals surface area contributed by atoms with E-state index in [0.29, 0.717) is 172 Å². The number of hydrogen-bond acceptors (Lipinski definition) is 17. The molecule has 55 heavy (non-hydrogen) atoms. The maximum atomic E-state index is 9.60. The minimum Gasteiger partial charge on any atom is -0.478 e. The Balaban J connectivity index is -0.00000193. The highest BCUT2D eigenvalue weighted by Gasteiger charge is 1.97. The summed E-state index contributed by atoms with van der Waals surface area (Å²) in [4.78, 5) is 19.2. The fraction of sp³-hybridized carbons (Fsp3) is 0.833. The van der Waals surface area contributed by atoms with Gasteiger partial charge in [0, 0.05) is 11.1 Å². The standard InChI is InChI=1S/C28H58O15.2C4H6O2/c29-1-3-31-5-7-33-9-11-35-13-15-37-17-19-39-21-23-41-25-27-43-28-26-42-24-22-40-20-18-38-16-14-36-12-10-34-8-6-32-4-2-30;2*1-3(2)4(5)6/h29-30H,1-28H2;2*1H2,2H3,(H,5,6). The van der Waals surface area contributed by atoms with Crippen LogP contribution in [0.2, 0.25) is 0 Å². The van der Waals surface area contributed by atoms with Crippen LogP contribution in [0.1, 0.15) is 13.8 Å². The molecule has 0 rings (SSSR count). The second kappa shape index (κ2) is 51.8. The van der Waals surface area contributed by atoms with Gasteiger partial charge in [0.1, 0.15) is 0 Å². The second-order valence-electron chi connectivity index (χ2n) is 10.6. The van der Waals surface area contributed by atoms with Gasteiger partial charge < -0.3 is 82.0 Å². The Hall–Kier alpha value is -2.18. The highest BCUT2D eigenvalue weighted by Crippen LogP contribution is 1.88. The van der Waals surface area contributed by atoms with E-state index in [2.05, 4.69) is 13.2 Å². The summed E-state index contributed by atoms with van der Waals surface area (Å²) in [6.07, 6.45) is 0. The Labute approximate surface area is 326 Å². The third-order valence-electron chi connectivity index (χ3n) is 5.67. The number of aliphatic hydroxyl groups excluding tert-OH is 2. The molecule has 0 fully saturated rings. The van der Waals surface area contributed by atoms with Crippen molar-refractivity contribution >= 4 is 11.9 Å². The molecule has 0 aromatic heterocycles. The smallest absolute Gasteiger partial charge is 0.330 e. The monoisotopic (exact) mass is 806 g/mol. The minimum atomic E-state index is -0.935. The lowest BCUT2D eigenvalue weighted by Gasteiger charge is -2.09. The number of hydrogen-bond donors (Lipinski definition) is 4. The highest BCUT2D eigenvalue weighted by molar-refractivity contribution is 5.85. The molecule has 0 aromatic carbocycles. The molecule has 0 amide bonds. The Morgan fingerprint density at radius 1 is 0.309 bits per heavy atom. The normalized spacial score (nSPS) is 10.7. The molecular weight excluding hydrogens is 736 g/mol. The third-order valence-corrected chi connectivity index (χ3v) is 5.67. The molecule has 0 bridgehead atoms. The Kier molecular flexibility index (Phi) is 53.8. The van der Waals surface area contributed by atoms with Gasteiger partial charge in [-0.2, -0.15) is 0 Å². The molecular formula is C36H70O19. The van der Waals surface area contributed by atoms with E-state index in [1.165, 1.54) is 13.8 Å². The van der Waals surface area contributed by atoms with Crippen LogP contribution >= 0.6 is 0 Å². The lowest BCUT2D eigenvalue weighted by atomic mass is 10.4. The summed E-state index contributed by atoms with van der Waals surface area (Å²) in [6, 6.07) is 0. The number of carbonyl (C=O) groups is 2. The fourth-order valence-electron chi connectivity index (χ4n) is 2.87. The maximum Gasteiger partial charge on any atom is 0.330 e. The fourth-order valence-corrected chi connectivity index (χ4v) is 2.87. The zero-order chi connectivity index (χ0) is 41.3. The first kappa shape index (κ1) is 57.1. The average Bonchev–Trinajstić information content (AvgIpc) is 3.16. The Morgan fingerprint density at radius 3 is 0.473 bits per heavy atom. The number of aliphatic hydroxyl groups is 2. The van der Waals surface area contributed by atoms with Crippen LogP contribution in [-0.2, 0) is 71.2 Å². The topological polar surface area (TPSA) is 235 Å². The molecule has 0 spiro atoms. The quantitative estimate of drug-likeness (QED) is 0.0485. The summed E-state index contributed by atoms with van der Waals surface area (Å²) in [5.74, 6) is -1.87. The summed E-state index contributed by atoms with van der Waals surface area (Å²) >= 11 is 0. The van der Waals surface area contributed by atoms with E-state index in [1.54, 1.807) is 0 Å². The van der Waals surface area contributed by atoms with Crippen molar-refractivity contribution in [1.29, 1.82) is 0 Å². The molecule has 0 heterocycles. The van der Waals surface area contributed by atoms with E-state index in [0.717, 1.165) is 0 Å².